The van der Waals surface area contributed by atoms with E-state index in [9.17, 15) is 0 Å². The average molecular weight is 250 g/mol. The molecule has 1 rings (SSSR count). The Balaban J connectivity index is 2.79. The number of nitrogens with zero attached hydrogens (tertiary/aromatic N) is 2. The summed E-state index contributed by atoms with van der Waals surface area (Å²) in [6.07, 6.45) is 2.82. The molecular weight excluding hydrogens is 228 g/mol. The molecule has 5 nitrogen and oxygen atoms in total. The number of nitrogens with one attached hydrogen (secondary N) is 1. The fourth-order valence-corrected chi connectivity index (χ4v) is 1.70. The van der Waals surface area contributed by atoms with E-state index in [0.717, 1.165) is 35.5 Å². The third-order valence-electron chi connectivity index (χ3n) is 2.71. The zero-order chi connectivity index (χ0) is 13.5. The first-order valence-electron chi connectivity index (χ1n) is 6.13. The Morgan fingerprint density at radius 1 is 1.50 bits per heavy atom. The minimum atomic E-state index is 0.456. The number of ether oxygens (including phenoxy) is 1. The van der Waals surface area contributed by atoms with Crippen molar-refractivity contribution in [3.05, 3.63) is 23.0 Å². The second kappa shape index (κ2) is 6.83. The van der Waals surface area contributed by atoms with Crippen molar-refractivity contribution in [2.75, 3.05) is 13.7 Å². The molecule has 1 aromatic rings. The maximum Gasteiger partial charge on any atom is 0.188 e. The van der Waals surface area contributed by atoms with Crippen LogP contribution in [0, 0.1) is 13.8 Å². The van der Waals surface area contributed by atoms with E-state index < -0.39 is 0 Å². The van der Waals surface area contributed by atoms with E-state index >= 15 is 0 Å². The van der Waals surface area contributed by atoms with E-state index in [1.54, 1.807) is 13.3 Å². The van der Waals surface area contributed by atoms with Crippen molar-refractivity contribution in [2.45, 2.75) is 33.7 Å². The SMILES string of the molecule is CCCNC(N)=NCc1ncc(C)c(OC)c1C. The predicted molar refractivity (Wildman–Crippen MR) is 73.9 cm³/mol. The molecule has 1 heterocycles. The molecule has 18 heavy (non-hydrogen) atoms. The number of aryl methyl sites for hydroxylation is 1. The van der Waals surface area contributed by atoms with Gasteiger partial charge >= 0.3 is 0 Å². The third kappa shape index (κ3) is 3.61. The Hall–Kier alpha value is -1.78. The van der Waals surface area contributed by atoms with E-state index in [-0.39, 0.29) is 0 Å². The molecule has 0 unspecified atom stereocenters. The van der Waals surface area contributed by atoms with Crippen molar-refractivity contribution in [1.29, 1.82) is 0 Å². The van der Waals surface area contributed by atoms with E-state index in [4.69, 9.17) is 10.5 Å². The summed E-state index contributed by atoms with van der Waals surface area (Å²) >= 11 is 0. The van der Waals surface area contributed by atoms with Crippen LogP contribution in [-0.4, -0.2) is 24.6 Å². The van der Waals surface area contributed by atoms with Crippen molar-refractivity contribution in [2.24, 2.45) is 10.7 Å². The van der Waals surface area contributed by atoms with E-state index in [2.05, 4.69) is 22.2 Å². The number of aromatic nitrogens is 1. The van der Waals surface area contributed by atoms with Gasteiger partial charge in [0.25, 0.3) is 0 Å². The van der Waals surface area contributed by atoms with Crippen LogP contribution in [0.2, 0.25) is 0 Å². The third-order valence-corrected chi connectivity index (χ3v) is 2.71. The highest BCUT2D eigenvalue weighted by atomic mass is 16.5. The topological polar surface area (TPSA) is 72.5 Å². The van der Waals surface area contributed by atoms with Crippen molar-refractivity contribution in [3.8, 4) is 5.75 Å². The smallest absolute Gasteiger partial charge is 0.188 e. The highest BCUT2D eigenvalue weighted by molar-refractivity contribution is 5.77. The fourth-order valence-electron chi connectivity index (χ4n) is 1.70. The average Bonchev–Trinajstić information content (AvgIpc) is 2.36. The van der Waals surface area contributed by atoms with Gasteiger partial charge in [-0.3, -0.25) is 4.98 Å². The molecule has 0 aromatic carbocycles. The normalized spacial score (nSPS) is 11.4. The largest absolute Gasteiger partial charge is 0.496 e. The maximum absolute atomic E-state index is 5.74. The van der Waals surface area contributed by atoms with Crippen molar-refractivity contribution in [1.82, 2.24) is 10.3 Å². The molecule has 3 N–H and O–H groups in total. The lowest BCUT2D eigenvalue weighted by Crippen LogP contribution is -2.32. The number of methoxy groups -OCH3 is 1. The Kier molecular flexibility index (Phi) is 5.42. The molecule has 0 radical (unpaired) electrons. The molecule has 0 aliphatic carbocycles. The first kappa shape index (κ1) is 14.3. The summed E-state index contributed by atoms with van der Waals surface area (Å²) in [5.74, 6) is 1.33. The number of hydrogen-bond acceptors (Lipinski definition) is 3. The van der Waals surface area contributed by atoms with Gasteiger partial charge in [-0.25, -0.2) is 4.99 Å². The maximum atomic E-state index is 5.74. The van der Waals surface area contributed by atoms with Crippen LogP contribution in [0.3, 0.4) is 0 Å². The molecule has 5 heteroatoms. The second-order valence-electron chi connectivity index (χ2n) is 4.17. The molecule has 0 saturated heterocycles. The Bertz CT molecular complexity index is 429. The van der Waals surface area contributed by atoms with Crippen LogP contribution in [0.1, 0.15) is 30.2 Å². The summed E-state index contributed by atoms with van der Waals surface area (Å²) < 4.78 is 5.35. The zero-order valence-electron chi connectivity index (χ0n) is 11.6. The van der Waals surface area contributed by atoms with Gasteiger partial charge in [-0.15, -0.1) is 0 Å². The number of rotatable bonds is 5. The number of guanidine groups is 1. The van der Waals surface area contributed by atoms with E-state index in [1.165, 1.54) is 0 Å². The van der Waals surface area contributed by atoms with E-state index in [0.29, 0.717) is 12.5 Å². The zero-order valence-corrected chi connectivity index (χ0v) is 11.6. The molecule has 0 atom stereocenters. The molecule has 1 aromatic heterocycles. The fraction of sp³-hybridized carbons (Fsp3) is 0.538. The Morgan fingerprint density at radius 3 is 2.83 bits per heavy atom. The molecule has 0 bridgehead atoms. The summed E-state index contributed by atoms with van der Waals surface area (Å²) in [5, 5.41) is 3.03. The minimum absolute atomic E-state index is 0.456. The summed E-state index contributed by atoms with van der Waals surface area (Å²) in [6.45, 7) is 7.34. The molecule has 0 spiro atoms. The summed E-state index contributed by atoms with van der Waals surface area (Å²) in [5.41, 5.74) is 8.67. The van der Waals surface area contributed by atoms with Gasteiger partial charge in [-0.1, -0.05) is 6.92 Å². The highest BCUT2D eigenvalue weighted by Gasteiger charge is 2.08. The van der Waals surface area contributed by atoms with Crippen LogP contribution in [0.25, 0.3) is 0 Å². The standard InChI is InChI=1S/C13H22N4O/c1-5-6-15-13(14)17-8-11-10(3)12(18-4)9(2)7-16-11/h7H,5-6,8H2,1-4H3,(H3,14,15,17). The molecule has 0 fully saturated rings. The van der Waals surface area contributed by atoms with Crippen molar-refractivity contribution in [3.63, 3.8) is 0 Å². The number of aliphatic imine (C=N–C) groups is 1. The first-order chi connectivity index (χ1) is 8.60. The Labute approximate surface area is 108 Å². The van der Waals surface area contributed by atoms with Gasteiger partial charge < -0.3 is 15.8 Å². The van der Waals surface area contributed by atoms with Crippen LogP contribution in [0.15, 0.2) is 11.2 Å². The van der Waals surface area contributed by atoms with Crippen LogP contribution in [-0.2, 0) is 6.54 Å². The van der Waals surface area contributed by atoms with Gasteiger partial charge in [0.15, 0.2) is 5.96 Å². The van der Waals surface area contributed by atoms with Crippen molar-refractivity contribution < 1.29 is 4.74 Å². The van der Waals surface area contributed by atoms with Crippen molar-refractivity contribution >= 4 is 5.96 Å². The van der Waals surface area contributed by atoms with Crippen LogP contribution < -0.4 is 15.8 Å². The molecular formula is C13H22N4O. The summed E-state index contributed by atoms with van der Waals surface area (Å²) in [6, 6.07) is 0. The van der Waals surface area contributed by atoms with Crippen LogP contribution >= 0.6 is 0 Å². The lowest BCUT2D eigenvalue weighted by atomic mass is 10.1. The first-order valence-corrected chi connectivity index (χ1v) is 6.13. The van der Waals surface area contributed by atoms with Gasteiger partial charge in [-0.2, -0.15) is 0 Å². The lowest BCUT2D eigenvalue weighted by molar-refractivity contribution is 0.407. The van der Waals surface area contributed by atoms with Crippen LogP contribution in [0.5, 0.6) is 5.75 Å². The van der Waals surface area contributed by atoms with Gasteiger partial charge in [0.1, 0.15) is 5.75 Å². The van der Waals surface area contributed by atoms with Gasteiger partial charge in [0, 0.05) is 23.9 Å². The lowest BCUT2D eigenvalue weighted by Gasteiger charge is -2.11. The quantitative estimate of drug-likeness (QED) is 0.614. The molecule has 0 aliphatic rings. The number of nitrogens with two attached hydrogens (primary N) is 1. The summed E-state index contributed by atoms with van der Waals surface area (Å²) in [7, 11) is 1.67. The number of pyridine rings is 1. The highest BCUT2D eigenvalue weighted by Crippen LogP contribution is 2.24. The van der Waals surface area contributed by atoms with Gasteiger partial charge in [0.05, 0.1) is 19.3 Å². The Morgan fingerprint density at radius 2 is 2.22 bits per heavy atom. The molecule has 0 saturated carbocycles. The second-order valence-corrected chi connectivity index (χ2v) is 4.17. The monoisotopic (exact) mass is 250 g/mol. The van der Waals surface area contributed by atoms with Crippen LogP contribution in [0.4, 0.5) is 0 Å². The molecule has 0 amide bonds. The minimum Gasteiger partial charge on any atom is -0.496 e. The van der Waals surface area contributed by atoms with Gasteiger partial charge in [-0.05, 0) is 20.3 Å². The molecule has 100 valence electrons. The summed E-state index contributed by atoms with van der Waals surface area (Å²) in [4.78, 5) is 8.63. The number of hydrogen-bond donors (Lipinski definition) is 2. The predicted octanol–water partition coefficient (Wildman–Crippen LogP) is 1.52. The molecule has 0 aliphatic heterocycles. The van der Waals surface area contributed by atoms with Gasteiger partial charge in [0.2, 0.25) is 0 Å². The van der Waals surface area contributed by atoms with E-state index in [1.807, 2.05) is 13.8 Å².